The van der Waals surface area contributed by atoms with Crippen molar-refractivity contribution in [3.8, 4) is 0 Å². The molecule has 0 aromatic rings. The Morgan fingerprint density at radius 2 is 1.36 bits per heavy atom. The standard InChI is InChI=1S/C15H31N3O2S.ClH/c19-21(20,18-13-7-3-4-8-14-18)17-12-11-16-15-9-5-1-2-6-10-15;/h15-17H,1-14H2;1H. The summed E-state index contributed by atoms with van der Waals surface area (Å²) in [5.41, 5.74) is 0. The minimum atomic E-state index is -3.27. The van der Waals surface area contributed by atoms with Crippen molar-refractivity contribution in [2.45, 2.75) is 70.3 Å². The Balaban J connectivity index is 0.00000242. The summed E-state index contributed by atoms with van der Waals surface area (Å²) in [6, 6.07) is 0.579. The zero-order valence-electron chi connectivity index (χ0n) is 13.6. The summed E-state index contributed by atoms with van der Waals surface area (Å²) >= 11 is 0. The molecule has 0 bridgehead atoms. The van der Waals surface area contributed by atoms with E-state index in [-0.39, 0.29) is 12.4 Å². The predicted octanol–water partition coefficient (Wildman–Crippen LogP) is 2.43. The van der Waals surface area contributed by atoms with Crippen molar-refractivity contribution < 1.29 is 8.42 Å². The molecule has 0 atom stereocenters. The molecule has 22 heavy (non-hydrogen) atoms. The summed E-state index contributed by atoms with van der Waals surface area (Å²) in [6.45, 7) is 2.57. The Hall–Kier alpha value is 0.120. The minimum Gasteiger partial charge on any atom is -0.313 e. The molecule has 0 aromatic heterocycles. The van der Waals surface area contributed by atoms with Gasteiger partial charge in [-0.2, -0.15) is 12.7 Å². The van der Waals surface area contributed by atoms with Crippen LogP contribution in [0.15, 0.2) is 0 Å². The van der Waals surface area contributed by atoms with Crippen molar-refractivity contribution in [3.05, 3.63) is 0 Å². The van der Waals surface area contributed by atoms with Gasteiger partial charge in [0.25, 0.3) is 10.2 Å². The molecule has 2 N–H and O–H groups in total. The fourth-order valence-corrected chi connectivity index (χ4v) is 4.59. The zero-order chi connectivity index (χ0) is 15.0. The molecule has 0 radical (unpaired) electrons. The van der Waals surface area contributed by atoms with Gasteiger partial charge in [-0.1, -0.05) is 38.5 Å². The SMILES string of the molecule is Cl.O=S(=O)(NCCNC1CCCCCC1)N1CCCCCC1. The number of hydrogen-bond donors (Lipinski definition) is 2. The molecular formula is C15H32ClN3O2S. The first-order valence-electron chi connectivity index (χ1n) is 8.66. The van der Waals surface area contributed by atoms with Crippen LogP contribution in [0.25, 0.3) is 0 Å². The molecule has 1 saturated heterocycles. The van der Waals surface area contributed by atoms with Crippen LogP contribution in [-0.2, 0) is 10.2 Å². The molecule has 1 aliphatic carbocycles. The van der Waals surface area contributed by atoms with E-state index in [9.17, 15) is 8.42 Å². The van der Waals surface area contributed by atoms with Gasteiger partial charge in [-0.15, -0.1) is 12.4 Å². The van der Waals surface area contributed by atoms with Crippen molar-refractivity contribution in [2.24, 2.45) is 0 Å². The van der Waals surface area contributed by atoms with Gasteiger partial charge in [0.1, 0.15) is 0 Å². The Morgan fingerprint density at radius 3 is 1.95 bits per heavy atom. The highest BCUT2D eigenvalue weighted by atomic mass is 35.5. The monoisotopic (exact) mass is 353 g/mol. The first kappa shape index (κ1) is 20.2. The Kier molecular flexibility index (Phi) is 9.91. The van der Waals surface area contributed by atoms with Gasteiger partial charge < -0.3 is 5.32 Å². The third-order valence-corrected chi connectivity index (χ3v) is 6.22. The van der Waals surface area contributed by atoms with Crippen molar-refractivity contribution in [2.75, 3.05) is 26.2 Å². The topological polar surface area (TPSA) is 61.4 Å². The fraction of sp³-hybridized carbons (Fsp3) is 1.00. The van der Waals surface area contributed by atoms with Crippen LogP contribution in [-0.4, -0.2) is 44.9 Å². The minimum absolute atomic E-state index is 0. The van der Waals surface area contributed by atoms with Gasteiger partial charge in [-0.25, -0.2) is 4.72 Å². The van der Waals surface area contributed by atoms with Crippen molar-refractivity contribution >= 4 is 22.6 Å². The second-order valence-electron chi connectivity index (χ2n) is 6.36. The third-order valence-electron chi connectivity index (χ3n) is 4.60. The van der Waals surface area contributed by atoms with E-state index in [1.807, 2.05) is 0 Å². The van der Waals surface area contributed by atoms with E-state index in [1.54, 1.807) is 4.31 Å². The Labute approximate surface area is 142 Å². The van der Waals surface area contributed by atoms with Gasteiger partial charge >= 0.3 is 0 Å². The lowest BCUT2D eigenvalue weighted by Crippen LogP contribution is -2.44. The number of nitrogens with zero attached hydrogens (tertiary/aromatic N) is 1. The second-order valence-corrected chi connectivity index (χ2v) is 8.11. The molecule has 2 aliphatic rings. The maximum atomic E-state index is 12.2. The van der Waals surface area contributed by atoms with Crippen LogP contribution >= 0.6 is 12.4 Å². The number of hydrogen-bond acceptors (Lipinski definition) is 3. The molecule has 1 aliphatic heterocycles. The Morgan fingerprint density at radius 1 is 0.818 bits per heavy atom. The lowest BCUT2D eigenvalue weighted by atomic mass is 10.1. The van der Waals surface area contributed by atoms with Crippen LogP contribution in [0.1, 0.15) is 64.2 Å². The summed E-state index contributed by atoms with van der Waals surface area (Å²) in [5, 5.41) is 3.50. The first-order valence-corrected chi connectivity index (χ1v) is 10.1. The summed E-state index contributed by atoms with van der Waals surface area (Å²) in [7, 11) is -3.27. The molecule has 0 amide bonds. The second kappa shape index (κ2) is 10.8. The number of nitrogens with one attached hydrogen (secondary N) is 2. The van der Waals surface area contributed by atoms with Crippen molar-refractivity contribution in [3.63, 3.8) is 0 Å². The van der Waals surface area contributed by atoms with E-state index in [0.717, 1.165) is 32.2 Å². The first-order chi connectivity index (χ1) is 10.2. The van der Waals surface area contributed by atoms with Crippen LogP contribution in [0.5, 0.6) is 0 Å². The van der Waals surface area contributed by atoms with Crippen LogP contribution < -0.4 is 10.0 Å². The molecule has 132 valence electrons. The summed E-state index contributed by atoms with van der Waals surface area (Å²) in [6.07, 6.45) is 12.0. The molecule has 0 spiro atoms. The van der Waals surface area contributed by atoms with E-state index in [2.05, 4.69) is 10.0 Å². The molecule has 5 nitrogen and oxygen atoms in total. The van der Waals surface area contributed by atoms with E-state index < -0.39 is 10.2 Å². The molecule has 0 aromatic carbocycles. The van der Waals surface area contributed by atoms with Crippen molar-refractivity contribution in [1.82, 2.24) is 14.3 Å². The molecule has 0 unspecified atom stereocenters. The van der Waals surface area contributed by atoms with Crippen LogP contribution in [0.4, 0.5) is 0 Å². The maximum Gasteiger partial charge on any atom is 0.279 e. The lowest BCUT2D eigenvalue weighted by molar-refractivity contribution is 0.411. The van der Waals surface area contributed by atoms with E-state index >= 15 is 0 Å². The molecular weight excluding hydrogens is 322 g/mol. The lowest BCUT2D eigenvalue weighted by Gasteiger charge is -2.21. The number of rotatable bonds is 6. The summed E-state index contributed by atoms with van der Waals surface area (Å²) in [5.74, 6) is 0. The predicted molar refractivity (Wildman–Crippen MR) is 93.7 cm³/mol. The average molecular weight is 354 g/mol. The maximum absolute atomic E-state index is 12.2. The van der Waals surface area contributed by atoms with Crippen LogP contribution in [0.3, 0.4) is 0 Å². The average Bonchev–Trinajstić information content (AvgIpc) is 2.88. The summed E-state index contributed by atoms with van der Waals surface area (Å²) in [4.78, 5) is 0. The zero-order valence-corrected chi connectivity index (χ0v) is 15.2. The fourth-order valence-electron chi connectivity index (χ4n) is 3.31. The van der Waals surface area contributed by atoms with Crippen LogP contribution in [0, 0.1) is 0 Å². The van der Waals surface area contributed by atoms with E-state index in [0.29, 0.717) is 25.7 Å². The van der Waals surface area contributed by atoms with Crippen molar-refractivity contribution in [1.29, 1.82) is 0 Å². The van der Waals surface area contributed by atoms with Gasteiger partial charge in [0.15, 0.2) is 0 Å². The van der Waals surface area contributed by atoms with E-state index in [4.69, 9.17) is 0 Å². The highest BCUT2D eigenvalue weighted by Crippen LogP contribution is 2.17. The van der Waals surface area contributed by atoms with Gasteiger partial charge in [0, 0.05) is 32.2 Å². The number of halogens is 1. The molecule has 1 heterocycles. The largest absolute Gasteiger partial charge is 0.313 e. The molecule has 2 fully saturated rings. The normalized spacial score (nSPS) is 22.5. The van der Waals surface area contributed by atoms with Gasteiger partial charge in [-0.3, -0.25) is 0 Å². The van der Waals surface area contributed by atoms with Crippen LogP contribution in [0.2, 0.25) is 0 Å². The highest BCUT2D eigenvalue weighted by Gasteiger charge is 2.22. The quantitative estimate of drug-likeness (QED) is 0.569. The smallest absolute Gasteiger partial charge is 0.279 e. The third kappa shape index (κ3) is 7.13. The summed E-state index contributed by atoms with van der Waals surface area (Å²) < 4.78 is 28.8. The van der Waals surface area contributed by atoms with Gasteiger partial charge in [0.2, 0.25) is 0 Å². The highest BCUT2D eigenvalue weighted by molar-refractivity contribution is 7.87. The van der Waals surface area contributed by atoms with Gasteiger partial charge in [-0.05, 0) is 25.7 Å². The molecule has 7 heteroatoms. The van der Waals surface area contributed by atoms with E-state index in [1.165, 1.54) is 38.5 Å². The molecule has 2 rings (SSSR count). The Bertz CT molecular complexity index is 376. The molecule has 1 saturated carbocycles. The van der Waals surface area contributed by atoms with Gasteiger partial charge in [0.05, 0.1) is 0 Å².